The number of piperidine rings is 1. The molecule has 1 aromatic carbocycles. The Morgan fingerprint density at radius 3 is 2.56 bits per heavy atom. The van der Waals surface area contributed by atoms with Gasteiger partial charge in [0.15, 0.2) is 5.82 Å². The molecule has 27 heavy (non-hydrogen) atoms. The summed E-state index contributed by atoms with van der Waals surface area (Å²) in [5.74, 6) is 1.30. The van der Waals surface area contributed by atoms with E-state index in [0.717, 1.165) is 25.9 Å². The number of nitrogens with one attached hydrogen (secondary N) is 1. The number of hydrogen-bond acceptors (Lipinski definition) is 6. The number of likely N-dealkylation sites (tertiary alicyclic amines) is 1. The van der Waals surface area contributed by atoms with E-state index < -0.39 is 0 Å². The van der Waals surface area contributed by atoms with Gasteiger partial charge in [0, 0.05) is 11.3 Å². The van der Waals surface area contributed by atoms with E-state index in [0.29, 0.717) is 17.4 Å². The molecular weight excluding hydrogens is 344 g/mol. The Labute approximate surface area is 159 Å². The van der Waals surface area contributed by atoms with Gasteiger partial charge in [0.05, 0.1) is 11.7 Å². The minimum absolute atomic E-state index is 0.0239. The molecule has 1 aromatic heterocycles. The highest BCUT2D eigenvalue weighted by molar-refractivity contribution is 5.93. The highest BCUT2D eigenvalue weighted by atomic mass is 16.5. The lowest BCUT2D eigenvalue weighted by Gasteiger charge is -2.33. The predicted octanol–water partition coefficient (Wildman–Crippen LogP) is 3.48. The first kappa shape index (κ1) is 19.4. The molecule has 2 N–H and O–H groups in total. The molecule has 7 heteroatoms. The van der Waals surface area contributed by atoms with E-state index >= 15 is 0 Å². The van der Waals surface area contributed by atoms with E-state index in [1.54, 1.807) is 24.3 Å². The molecule has 3 rings (SSSR count). The zero-order valence-corrected chi connectivity index (χ0v) is 16.4. The number of anilines is 1. The van der Waals surface area contributed by atoms with Crippen molar-refractivity contribution in [3.63, 3.8) is 0 Å². The number of amides is 1. The molecule has 1 aliphatic rings. The summed E-state index contributed by atoms with van der Waals surface area (Å²) in [6.45, 7) is 9.80. The molecule has 0 bridgehead atoms. The van der Waals surface area contributed by atoms with Gasteiger partial charge in [-0.3, -0.25) is 9.69 Å². The lowest BCUT2D eigenvalue weighted by molar-refractivity contribution is -0.121. The minimum atomic E-state index is -0.143. The largest absolute Gasteiger partial charge is 0.506 e. The van der Waals surface area contributed by atoms with Crippen LogP contribution in [0.3, 0.4) is 0 Å². The van der Waals surface area contributed by atoms with Gasteiger partial charge < -0.3 is 14.9 Å². The van der Waals surface area contributed by atoms with Gasteiger partial charge in [-0.1, -0.05) is 38.1 Å². The fourth-order valence-electron chi connectivity index (χ4n) is 3.23. The Morgan fingerprint density at radius 2 is 1.96 bits per heavy atom. The maximum atomic E-state index is 12.5. The Morgan fingerprint density at radius 1 is 1.30 bits per heavy atom. The predicted molar refractivity (Wildman–Crippen MR) is 102 cm³/mol. The first-order valence-corrected chi connectivity index (χ1v) is 9.42. The van der Waals surface area contributed by atoms with Gasteiger partial charge in [-0.05, 0) is 45.0 Å². The number of aromatic nitrogens is 2. The van der Waals surface area contributed by atoms with Gasteiger partial charge in [0.25, 0.3) is 0 Å². The van der Waals surface area contributed by atoms with Crippen LogP contribution in [0.2, 0.25) is 0 Å². The highest BCUT2D eigenvalue weighted by Gasteiger charge is 2.31. The SMILES string of the molecule is C[C@@H](c1nc(C(C)(C)C)no1)N1CCC(C(=O)Nc2ccccc2O)CC1. The third-order valence-corrected chi connectivity index (χ3v) is 5.08. The molecular formula is C20H28N4O3. The van der Waals surface area contributed by atoms with E-state index in [1.807, 2.05) is 0 Å². The number of carbonyl (C=O) groups is 1. The smallest absolute Gasteiger partial charge is 0.243 e. The number of nitrogens with zero attached hydrogens (tertiary/aromatic N) is 3. The maximum Gasteiger partial charge on any atom is 0.243 e. The second-order valence-electron chi connectivity index (χ2n) is 8.20. The van der Waals surface area contributed by atoms with Crippen LogP contribution in [0.1, 0.15) is 58.3 Å². The van der Waals surface area contributed by atoms with Crippen LogP contribution in [0.15, 0.2) is 28.8 Å². The molecule has 0 aliphatic carbocycles. The quantitative estimate of drug-likeness (QED) is 0.799. The van der Waals surface area contributed by atoms with E-state index in [9.17, 15) is 9.90 Å². The van der Waals surface area contributed by atoms with Crippen molar-refractivity contribution < 1.29 is 14.4 Å². The Balaban J connectivity index is 1.56. The number of aromatic hydroxyl groups is 1. The molecule has 0 radical (unpaired) electrons. The fourth-order valence-corrected chi connectivity index (χ4v) is 3.23. The van der Waals surface area contributed by atoms with Gasteiger partial charge in [-0.25, -0.2) is 0 Å². The average Bonchev–Trinajstić information content (AvgIpc) is 3.14. The molecule has 2 heterocycles. The summed E-state index contributed by atoms with van der Waals surface area (Å²) in [6.07, 6.45) is 1.51. The molecule has 146 valence electrons. The molecule has 0 saturated carbocycles. The summed E-state index contributed by atoms with van der Waals surface area (Å²) in [4.78, 5) is 19.3. The van der Waals surface area contributed by atoms with Gasteiger partial charge in [0.2, 0.25) is 11.8 Å². The number of phenolic OH excluding ortho intramolecular Hbond substituents is 1. The average molecular weight is 372 g/mol. The number of phenols is 1. The van der Waals surface area contributed by atoms with E-state index in [4.69, 9.17) is 4.52 Å². The second-order valence-corrected chi connectivity index (χ2v) is 8.20. The zero-order chi connectivity index (χ0) is 19.6. The summed E-state index contributed by atoms with van der Waals surface area (Å²) < 4.78 is 5.46. The molecule has 7 nitrogen and oxygen atoms in total. The molecule has 1 atom stereocenters. The van der Waals surface area contributed by atoms with Gasteiger partial charge >= 0.3 is 0 Å². The number of benzene rings is 1. The number of rotatable bonds is 4. The first-order chi connectivity index (χ1) is 12.8. The van der Waals surface area contributed by atoms with Crippen LogP contribution < -0.4 is 5.32 Å². The molecule has 1 saturated heterocycles. The van der Waals surface area contributed by atoms with Gasteiger partial charge in [-0.2, -0.15) is 4.98 Å². The summed E-state index contributed by atoms with van der Waals surface area (Å²) in [6, 6.07) is 6.81. The molecule has 1 fully saturated rings. The second kappa shape index (κ2) is 7.68. The highest BCUT2D eigenvalue weighted by Crippen LogP contribution is 2.29. The summed E-state index contributed by atoms with van der Waals surface area (Å²) in [7, 11) is 0. The molecule has 0 unspecified atom stereocenters. The van der Waals surface area contributed by atoms with Crippen molar-refractivity contribution in [3.8, 4) is 5.75 Å². The van der Waals surface area contributed by atoms with Crippen molar-refractivity contribution in [3.05, 3.63) is 36.0 Å². The van der Waals surface area contributed by atoms with Crippen molar-refractivity contribution in [1.29, 1.82) is 0 Å². The molecule has 2 aromatic rings. The van der Waals surface area contributed by atoms with Crippen LogP contribution >= 0.6 is 0 Å². The van der Waals surface area contributed by atoms with Gasteiger partial charge in [-0.15, -0.1) is 0 Å². The van der Waals surface area contributed by atoms with E-state index in [2.05, 4.69) is 48.1 Å². The van der Waals surface area contributed by atoms with Gasteiger partial charge in [0.1, 0.15) is 5.75 Å². The van der Waals surface area contributed by atoms with E-state index in [-0.39, 0.29) is 29.0 Å². The molecule has 1 aliphatic heterocycles. The summed E-state index contributed by atoms with van der Waals surface area (Å²) >= 11 is 0. The van der Waals surface area contributed by atoms with Crippen LogP contribution in [0.5, 0.6) is 5.75 Å². The van der Waals surface area contributed by atoms with Crippen molar-refractivity contribution in [2.45, 2.75) is 52.0 Å². The zero-order valence-electron chi connectivity index (χ0n) is 16.4. The molecule has 0 spiro atoms. The minimum Gasteiger partial charge on any atom is -0.506 e. The van der Waals surface area contributed by atoms with Crippen LogP contribution in [-0.2, 0) is 10.2 Å². The summed E-state index contributed by atoms with van der Waals surface area (Å²) in [5, 5.41) is 16.7. The normalized spacial score (nSPS) is 17.6. The standard InChI is InChI=1S/C20H28N4O3/c1-13(18-22-19(23-27-18)20(2,3)4)24-11-9-14(10-12-24)17(26)21-15-7-5-6-8-16(15)25/h5-8,13-14,25H,9-12H2,1-4H3,(H,21,26)/t13-/m0/s1. The van der Waals surface area contributed by atoms with Crippen molar-refractivity contribution in [1.82, 2.24) is 15.0 Å². The van der Waals surface area contributed by atoms with Crippen molar-refractivity contribution in [2.75, 3.05) is 18.4 Å². The third kappa shape index (κ3) is 4.47. The van der Waals surface area contributed by atoms with Crippen molar-refractivity contribution >= 4 is 11.6 Å². The van der Waals surface area contributed by atoms with Crippen LogP contribution in [0.4, 0.5) is 5.69 Å². The number of carbonyl (C=O) groups excluding carboxylic acids is 1. The lowest BCUT2D eigenvalue weighted by Crippen LogP contribution is -2.39. The van der Waals surface area contributed by atoms with E-state index in [1.165, 1.54) is 0 Å². The Bertz CT molecular complexity index is 789. The topological polar surface area (TPSA) is 91.5 Å². The molecule has 1 amide bonds. The van der Waals surface area contributed by atoms with Crippen LogP contribution in [0, 0.1) is 5.92 Å². The number of hydrogen-bond donors (Lipinski definition) is 2. The summed E-state index contributed by atoms with van der Waals surface area (Å²) in [5.41, 5.74) is 0.314. The Hall–Kier alpha value is -2.41. The third-order valence-electron chi connectivity index (χ3n) is 5.08. The monoisotopic (exact) mass is 372 g/mol. The van der Waals surface area contributed by atoms with Crippen LogP contribution in [0.25, 0.3) is 0 Å². The van der Waals surface area contributed by atoms with Crippen molar-refractivity contribution in [2.24, 2.45) is 5.92 Å². The lowest BCUT2D eigenvalue weighted by atomic mass is 9.94. The number of para-hydroxylation sites is 2. The Kier molecular flexibility index (Phi) is 5.51. The fraction of sp³-hybridized carbons (Fsp3) is 0.550. The van der Waals surface area contributed by atoms with Crippen LogP contribution in [-0.4, -0.2) is 39.1 Å². The maximum absolute atomic E-state index is 12.5. The first-order valence-electron chi connectivity index (χ1n) is 9.42.